The van der Waals surface area contributed by atoms with Crippen molar-refractivity contribution in [3.8, 4) is 0 Å². The molecule has 2 aliphatic rings. The summed E-state index contributed by atoms with van der Waals surface area (Å²) in [6.07, 6.45) is 4.12. The zero-order valence-electron chi connectivity index (χ0n) is 15.3. The van der Waals surface area contributed by atoms with E-state index in [0.29, 0.717) is 17.5 Å². The fourth-order valence-corrected chi connectivity index (χ4v) is 4.37. The van der Waals surface area contributed by atoms with Crippen LogP contribution in [0.1, 0.15) is 63.4 Å². The Morgan fingerprint density at radius 3 is 2.37 bits per heavy atom. The average Bonchev–Trinajstić information content (AvgIpc) is 3.42. The summed E-state index contributed by atoms with van der Waals surface area (Å²) in [6, 6.07) is 13.9. The molecule has 2 amide bonds. The topological polar surface area (TPSA) is 63.4 Å². The van der Waals surface area contributed by atoms with Gasteiger partial charge in [-0.3, -0.25) is 9.59 Å². The Kier molecular flexibility index (Phi) is 4.68. The van der Waals surface area contributed by atoms with Crippen LogP contribution in [-0.2, 0) is 0 Å². The third-order valence-corrected chi connectivity index (χ3v) is 6.10. The Hall–Kier alpha value is -2.33. The zero-order valence-corrected chi connectivity index (χ0v) is 16.1. The molecule has 0 aromatic heterocycles. The summed E-state index contributed by atoms with van der Waals surface area (Å²) >= 11 is 6.14. The number of carbonyl (C=O) groups is 2. The van der Waals surface area contributed by atoms with Crippen LogP contribution in [0, 0.1) is 6.92 Å². The second-order valence-corrected chi connectivity index (χ2v) is 8.09. The first-order valence-corrected chi connectivity index (χ1v) is 9.81. The number of nitrogens with two attached hydrogens (primary N) is 1. The van der Waals surface area contributed by atoms with Crippen LogP contribution in [0.3, 0.4) is 0 Å². The van der Waals surface area contributed by atoms with Gasteiger partial charge in [-0.05, 0) is 67.9 Å². The third kappa shape index (κ3) is 3.46. The zero-order chi connectivity index (χ0) is 19.1. The molecule has 0 spiro atoms. The minimum Gasteiger partial charge on any atom is -0.366 e. The molecule has 4 rings (SSSR count). The standard InChI is InChI=1S/C22H23ClN2O2/c1-13-4-2-3-5-18(13)15-10-17(11-15)25(16-7-8-16)22(27)14-6-9-19(21(24)26)20(23)12-14/h2-6,9,12,15-17H,7-8,10-11H2,1H3,(H2,24,26). The lowest BCUT2D eigenvalue weighted by Gasteiger charge is -2.44. The molecule has 4 nitrogen and oxygen atoms in total. The van der Waals surface area contributed by atoms with Crippen LogP contribution in [0.5, 0.6) is 0 Å². The van der Waals surface area contributed by atoms with Crippen LogP contribution in [0.25, 0.3) is 0 Å². The number of amides is 2. The molecule has 2 aromatic rings. The van der Waals surface area contributed by atoms with Crippen molar-refractivity contribution in [2.45, 2.75) is 50.6 Å². The largest absolute Gasteiger partial charge is 0.366 e. The first-order valence-electron chi connectivity index (χ1n) is 9.43. The first kappa shape index (κ1) is 18.1. The van der Waals surface area contributed by atoms with Gasteiger partial charge in [0.05, 0.1) is 10.6 Å². The van der Waals surface area contributed by atoms with Gasteiger partial charge in [-0.15, -0.1) is 0 Å². The van der Waals surface area contributed by atoms with Gasteiger partial charge in [-0.2, -0.15) is 0 Å². The van der Waals surface area contributed by atoms with Gasteiger partial charge in [0.2, 0.25) is 5.91 Å². The lowest BCUT2D eigenvalue weighted by atomic mass is 9.73. The molecule has 0 radical (unpaired) electrons. The summed E-state index contributed by atoms with van der Waals surface area (Å²) in [5.41, 5.74) is 8.78. The smallest absolute Gasteiger partial charge is 0.254 e. The molecule has 2 N–H and O–H groups in total. The summed E-state index contributed by atoms with van der Waals surface area (Å²) in [6.45, 7) is 2.15. The summed E-state index contributed by atoms with van der Waals surface area (Å²) in [7, 11) is 0. The number of rotatable bonds is 5. The molecule has 2 aliphatic carbocycles. The van der Waals surface area contributed by atoms with Crippen LogP contribution in [0.2, 0.25) is 5.02 Å². The molecular formula is C22H23ClN2O2. The molecule has 0 unspecified atom stereocenters. The van der Waals surface area contributed by atoms with Crippen molar-refractivity contribution in [3.63, 3.8) is 0 Å². The van der Waals surface area contributed by atoms with Gasteiger partial charge in [0, 0.05) is 17.6 Å². The Balaban J connectivity index is 1.51. The predicted molar refractivity (Wildman–Crippen MR) is 106 cm³/mol. The minimum absolute atomic E-state index is 0.00338. The molecular weight excluding hydrogens is 360 g/mol. The SMILES string of the molecule is Cc1ccccc1C1CC(N(C(=O)c2ccc(C(N)=O)c(Cl)c2)C2CC2)C1. The van der Waals surface area contributed by atoms with Gasteiger partial charge in [-0.1, -0.05) is 35.9 Å². The molecule has 2 saturated carbocycles. The van der Waals surface area contributed by atoms with Crippen molar-refractivity contribution in [1.29, 1.82) is 0 Å². The van der Waals surface area contributed by atoms with Gasteiger partial charge in [0.1, 0.15) is 0 Å². The van der Waals surface area contributed by atoms with E-state index in [9.17, 15) is 9.59 Å². The molecule has 140 valence electrons. The molecule has 0 heterocycles. The average molecular weight is 383 g/mol. The highest BCUT2D eigenvalue weighted by Crippen LogP contribution is 2.45. The molecule has 0 saturated heterocycles. The number of halogens is 1. The number of hydrogen-bond donors (Lipinski definition) is 1. The maximum Gasteiger partial charge on any atom is 0.254 e. The van der Waals surface area contributed by atoms with E-state index in [1.54, 1.807) is 18.2 Å². The molecule has 0 bridgehead atoms. The number of primary amides is 1. The fraction of sp³-hybridized carbons (Fsp3) is 0.364. The van der Waals surface area contributed by atoms with E-state index in [-0.39, 0.29) is 22.5 Å². The number of nitrogens with zero attached hydrogens (tertiary/aromatic N) is 1. The molecule has 0 atom stereocenters. The monoisotopic (exact) mass is 382 g/mol. The Labute approximate surface area is 164 Å². The van der Waals surface area contributed by atoms with E-state index in [1.165, 1.54) is 11.1 Å². The second kappa shape index (κ2) is 7.01. The molecule has 2 aromatic carbocycles. The summed E-state index contributed by atoms with van der Waals surface area (Å²) < 4.78 is 0. The minimum atomic E-state index is -0.585. The van der Waals surface area contributed by atoms with Crippen LogP contribution < -0.4 is 5.73 Å². The normalized spacial score (nSPS) is 21.4. The maximum absolute atomic E-state index is 13.2. The van der Waals surface area contributed by atoms with Crippen LogP contribution in [-0.4, -0.2) is 28.8 Å². The highest BCUT2D eigenvalue weighted by Gasteiger charge is 2.44. The van der Waals surface area contributed by atoms with E-state index < -0.39 is 5.91 Å². The lowest BCUT2D eigenvalue weighted by Crippen LogP contribution is -2.48. The van der Waals surface area contributed by atoms with Gasteiger partial charge < -0.3 is 10.6 Å². The second-order valence-electron chi connectivity index (χ2n) is 7.68. The summed E-state index contributed by atoms with van der Waals surface area (Å²) in [5.74, 6) is -0.0622. The van der Waals surface area contributed by atoms with E-state index in [0.717, 1.165) is 25.7 Å². The van der Waals surface area contributed by atoms with Crippen LogP contribution in [0.4, 0.5) is 0 Å². The van der Waals surface area contributed by atoms with E-state index in [4.69, 9.17) is 17.3 Å². The Morgan fingerprint density at radius 1 is 1.07 bits per heavy atom. The van der Waals surface area contributed by atoms with Crippen LogP contribution >= 0.6 is 11.6 Å². The predicted octanol–water partition coefficient (Wildman–Crippen LogP) is 4.30. The molecule has 5 heteroatoms. The van der Waals surface area contributed by atoms with Gasteiger partial charge >= 0.3 is 0 Å². The quantitative estimate of drug-likeness (QED) is 0.837. The maximum atomic E-state index is 13.2. The highest BCUT2D eigenvalue weighted by molar-refractivity contribution is 6.34. The van der Waals surface area contributed by atoms with Crippen molar-refractivity contribution in [1.82, 2.24) is 4.90 Å². The van der Waals surface area contributed by atoms with Crippen LogP contribution in [0.15, 0.2) is 42.5 Å². The lowest BCUT2D eigenvalue weighted by molar-refractivity contribution is 0.0516. The summed E-state index contributed by atoms with van der Waals surface area (Å²) in [5, 5.41) is 0.232. The van der Waals surface area contributed by atoms with Crippen molar-refractivity contribution in [2.75, 3.05) is 0 Å². The van der Waals surface area contributed by atoms with Gasteiger partial charge in [0.25, 0.3) is 5.91 Å². The van der Waals surface area contributed by atoms with Gasteiger partial charge in [0.15, 0.2) is 0 Å². The van der Waals surface area contributed by atoms with E-state index >= 15 is 0 Å². The number of benzene rings is 2. The Bertz CT molecular complexity index is 901. The number of carbonyl (C=O) groups excluding carboxylic acids is 2. The van der Waals surface area contributed by atoms with Crippen molar-refractivity contribution in [2.24, 2.45) is 5.73 Å². The molecule has 2 fully saturated rings. The molecule has 0 aliphatic heterocycles. The van der Waals surface area contributed by atoms with Gasteiger partial charge in [-0.25, -0.2) is 0 Å². The third-order valence-electron chi connectivity index (χ3n) is 5.79. The number of aryl methyl sites for hydroxylation is 1. The van der Waals surface area contributed by atoms with E-state index in [1.807, 2.05) is 4.90 Å². The van der Waals surface area contributed by atoms with Crippen molar-refractivity contribution in [3.05, 3.63) is 69.7 Å². The fourth-order valence-electron chi connectivity index (χ4n) is 4.09. The highest BCUT2D eigenvalue weighted by atomic mass is 35.5. The van der Waals surface area contributed by atoms with Crippen molar-refractivity contribution >= 4 is 23.4 Å². The Morgan fingerprint density at radius 2 is 1.78 bits per heavy atom. The summed E-state index contributed by atoms with van der Waals surface area (Å²) in [4.78, 5) is 26.6. The van der Waals surface area contributed by atoms with Crippen molar-refractivity contribution < 1.29 is 9.59 Å². The first-order chi connectivity index (χ1) is 13.0. The molecule has 27 heavy (non-hydrogen) atoms. The van der Waals surface area contributed by atoms with E-state index in [2.05, 4.69) is 31.2 Å². The number of hydrogen-bond acceptors (Lipinski definition) is 2.